The summed E-state index contributed by atoms with van der Waals surface area (Å²) >= 11 is 0. The minimum absolute atomic E-state index is 0.143. The SMILES string of the molecule is NC[C@@H]1CC(O)[C@H](n2ccc(N)nc2=O)O1. The molecule has 0 aromatic carbocycles. The highest BCUT2D eigenvalue weighted by Gasteiger charge is 2.34. The van der Waals surface area contributed by atoms with Crippen molar-refractivity contribution in [2.75, 3.05) is 12.3 Å². The third-order valence-electron chi connectivity index (χ3n) is 2.55. The molecule has 0 radical (unpaired) electrons. The summed E-state index contributed by atoms with van der Waals surface area (Å²) in [6.07, 6.45) is 0.158. The van der Waals surface area contributed by atoms with Crippen LogP contribution < -0.4 is 17.2 Å². The van der Waals surface area contributed by atoms with Crippen LogP contribution >= 0.6 is 0 Å². The maximum atomic E-state index is 11.5. The van der Waals surface area contributed by atoms with E-state index in [0.29, 0.717) is 13.0 Å². The fourth-order valence-electron chi connectivity index (χ4n) is 1.75. The molecular formula is C9H14N4O3. The van der Waals surface area contributed by atoms with Crippen molar-refractivity contribution in [2.24, 2.45) is 5.73 Å². The maximum Gasteiger partial charge on any atom is 0.351 e. The van der Waals surface area contributed by atoms with Gasteiger partial charge in [-0.15, -0.1) is 0 Å². The monoisotopic (exact) mass is 226 g/mol. The number of anilines is 1. The molecule has 2 rings (SSSR count). The van der Waals surface area contributed by atoms with Gasteiger partial charge in [0, 0.05) is 19.2 Å². The molecule has 16 heavy (non-hydrogen) atoms. The number of ether oxygens (including phenoxy) is 1. The summed E-state index contributed by atoms with van der Waals surface area (Å²) < 4.78 is 6.66. The van der Waals surface area contributed by atoms with E-state index < -0.39 is 18.0 Å². The van der Waals surface area contributed by atoms with Gasteiger partial charge in [0.2, 0.25) is 0 Å². The van der Waals surface area contributed by atoms with Gasteiger partial charge in [0.15, 0.2) is 6.23 Å². The Bertz CT molecular complexity index is 433. The Balaban J connectivity index is 2.28. The van der Waals surface area contributed by atoms with Gasteiger partial charge in [-0.05, 0) is 6.07 Å². The van der Waals surface area contributed by atoms with Gasteiger partial charge in [-0.3, -0.25) is 4.57 Å². The number of aromatic nitrogens is 2. The van der Waals surface area contributed by atoms with Crippen molar-refractivity contribution in [1.29, 1.82) is 0 Å². The summed E-state index contributed by atoms with van der Waals surface area (Å²) in [5, 5.41) is 9.74. The number of nitrogens with zero attached hydrogens (tertiary/aromatic N) is 2. The van der Waals surface area contributed by atoms with Crippen LogP contribution in [0.4, 0.5) is 5.82 Å². The molecule has 1 unspecified atom stereocenters. The zero-order valence-corrected chi connectivity index (χ0v) is 8.61. The Hall–Kier alpha value is -1.44. The van der Waals surface area contributed by atoms with Crippen molar-refractivity contribution in [3.63, 3.8) is 0 Å². The van der Waals surface area contributed by atoms with Gasteiger partial charge in [-0.25, -0.2) is 4.79 Å². The van der Waals surface area contributed by atoms with Gasteiger partial charge in [-0.2, -0.15) is 4.98 Å². The molecule has 1 aromatic heterocycles. The van der Waals surface area contributed by atoms with Gasteiger partial charge < -0.3 is 21.3 Å². The first-order valence-electron chi connectivity index (χ1n) is 5.00. The van der Waals surface area contributed by atoms with Crippen molar-refractivity contribution in [2.45, 2.75) is 24.9 Å². The Labute approximate surface area is 91.6 Å². The van der Waals surface area contributed by atoms with Gasteiger partial charge in [0.1, 0.15) is 11.9 Å². The molecule has 1 aromatic rings. The highest BCUT2D eigenvalue weighted by Crippen LogP contribution is 2.26. The summed E-state index contributed by atoms with van der Waals surface area (Å²) in [7, 11) is 0. The van der Waals surface area contributed by atoms with Crippen LogP contribution in [0.1, 0.15) is 12.6 Å². The second-order valence-electron chi connectivity index (χ2n) is 3.73. The summed E-state index contributed by atoms with van der Waals surface area (Å²) in [5.74, 6) is 0.143. The summed E-state index contributed by atoms with van der Waals surface area (Å²) in [6, 6.07) is 1.48. The first kappa shape index (κ1) is 11.1. The molecule has 0 spiro atoms. The Morgan fingerprint density at radius 3 is 3.00 bits per heavy atom. The van der Waals surface area contributed by atoms with E-state index in [4.69, 9.17) is 16.2 Å². The highest BCUT2D eigenvalue weighted by atomic mass is 16.5. The molecular weight excluding hydrogens is 212 g/mol. The molecule has 5 N–H and O–H groups in total. The maximum absolute atomic E-state index is 11.5. The van der Waals surface area contributed by atoms with Gasteiger partial charge in [-0.1, -0.05) is 0 Å². The van der Waals surface area contributed by atoms with Crippen LogP contribution in [-0.4, -0.2) is 33.4 Å². The summed E-state index contributed by atoms with van der Waals surface area (Å²) in [6.45, 7) is 0.310. The second kappa shape index (κ2) is 4.20. The van der Waals surface area contributed by atoms with Crippen LogP contribution in [-0.2, 0) is 4.74 Å². The molecule has 0 amide bonds. The molecule has 0 aliphatic carbocycles. The van der Waals surface area contributed by atoms with E-state index in [1.807, 2.05) is 0 Å². The molecule has 0 bridgehead atoms. The summed E-state index contributed by atoms with van der Waals surface area (Å²) in [5.41, 5.74) is 10.3. The van der Waals surface area contributed by atoms with Crippen LogP contribution in [0.3, 0.4) is 0 Å². The van der Waals surface area contributed by atoms with Crippen molar-refractivity contribution in [1.82, 2.24) is 9.55 Å². The second-order valence-corrected chi connectivity index (χ2v) is 3.73. The van der Waals surface area contributed by atoms with Crippen molar-refractivity contribution in [3.8, 4) is 0 Å². The fourth-order valence-corrected chi connectivity index (χ4v) is 1.75. The number of nitrogen functional groups attached to an aromatic ring is 1. The third kappa shape index (κ3) is 1.92. The highest BCUT2D eigenvalue weighted by molar-refractivity contribution is 5.23. The van der Waals surface area contributed by atoms with E-state index >= 15 is 0 Å². The molecule has 1 aliphatic rings. The lowest BCUT2D eigenvalue weighted by Crippen LogP contribution is -2.32. The van der Waals surface area contributed by atoms with E-state index in [-0.39, 0.29) is 11.9 Å². The van der Waals surface area contributed by atoms with Crippen LogP contribution in [0.25, 0.3) is 0 Å². The van der Waals surface area contributed by atoms with Crippen LogP contribution in [0.5, 0.6) is 0 Å². The number of rotatable bonds is 2. The lowest BCUT2D eigenvalue weighted by atomic mass is 10.2. The average molecular weight is 226 g/mol. The predicted molar refractivity (Wildman–Crippen MR) is 56.5 cm³/mol. The molecule has 1 saturated heterocycles. The number of hydrogen-bond donors (Lipinski definition) is 3. The standard InChI is InChI=1S/C9H14N4O3/c10-4-5-3-6(14)8(16-5)13-2-1-7(11)12-9(13)15/h1-2,5-6,8,14H,3-4,10H2,(H2,11,12,15)/t5-,6?,8+/m0/s1. The minimum Gasteiger partial charge on any atom is -0.388 e. The van der Waals surface area contributed by atoms with Crippen molar-refractivity contribution in [3.05, 3.63) is 22.7 Å². The van der Waals surface area contributed by atoms with Crippen LogP contribution in [0.2, 0.25) is 0 Å². The van der Waals surface area contributed by atoms with E-state index in [0.717, 1.165) is 0 Å². The predicted octanol–water partition coefficient (Wildman–Crippen LogP) is -1.57. The van der Waals surface area contributed by atoms with Gasteiger partial charge in [0.25, 0.3) is 0 Å². The van der Waals surface area contributed by atoms with Crippen molar-refractivity contribution >= 4 is 5.82 Å². The normalized spacial score (nSPS) is 29.5. The van der Waals surface area contributed by atoms with Gasteiger partial charge >= 0.3 is 5.69 Å². The Kier molecular flexibility index (Phi) is 2.90. The van der Waals surface area contributed by atoms with E-state index in [1.165, 1.54) is 16.8 Å². The molecule has 7 nitrogen and oxygen atoms in total. The minimum atomic E-state index is -0.753. The van der Waals surface area contributed by atoms with Crippen LogP contribution in [0, 0.1) is 0 Å². The Morgan fingerprint density at radius 2 is 2.44 bits per heavy atom. The number of hydrogen-bond acceptors (Lipinski definition) is 6. The molecule has 0 saturated carbocycles. The van der Waals surface area contributed by atoms with Crippen molar-refractivity contribution < 1.29 is 9.84 Å². The zero-order valence-electron chi connectivity index (χ0n) is 8.61. The van der Waals surface area contributed by atoms with E-state index in [2.05, 4.69) is 4.98 Å². The quantitative estimate of drug-likeness (QED) is 0.561. The number of aliphatic hydroxyl groups is 1. The fraction of sp³-hybridized carbons (Fsp3) is 0.556. The molecule has 3 atom stereocenters. The topological polar surface area (TPSA) is 116 Å². The molecule has 2 heterocycles. The van der Waals surface area contributed by atoms with E-state index in [1.54, 1.807) is 0 Å². The molecule has 7 heteroatoms. The average Bonchev–Trinajstić information content (AvgIpc) is 2.60. The van der Waals surface area contributed by atoms with Gasteiger partial charge in [0.05, 0.1) is 6.10 Å². The molecule has 1 fully saturated rings. The third-order valence-corrected chi connectivity index (χ3v) is 2.55. The lowest BCUT2D eigenvalue weighted by Gasteiger charge is -2.16. The smallest absolute Gasteiger partial charge is 0.351 e. The first-order valence-corrected chi connectivity index (χ1v) is 5.00. The number of aliphatic hydroxyl groups excluding tert-OH is 1. The number of nitrogens with two attached hydrogens (primary N) is 2. The van der Waals surface area contributed by atoms with E-state index in [9.17, 15) is 9.90 Å². The largest absolute Gasteiger partial charge is 0.388 e. The summed E-state index contributed by atoms with van der Waals surface area (Å²) in [4.78, 5) is 15.1. The molecule has 88 valence electrons. The zero-order chi connectivity index (χ0) is 11.7. The molecule has 1 aliphatic heterocycles. The first-order chi connectivity index (χ1) is 7.61. The lowest BCUT2D eigenvalue weighted by molar-refractivity contribution is -0.0370. The van der Waals surface area contributed by atoms with Crippen LogP contribution in [0.15, 0.2) is 17.1 Å². The Morgan fingerprint density at radius 1 is 1.69 bits per heavy atom.